The van der Waals surface area contributed by atoms with Crippen molar-refractivity contribution in [2.75, 3.05) is 11.5 Å². The molecule has 4 rings (SSSR count). The van der Waals surface area contributed by atoms with Crippen molar-refractivity contribution in [3.63, 3.8) is 0 Å². The van der Waals surface area contributed by atoms with Crippen LogP contribution in [0.5, 0.6) is 11.5 Å². The summed E-state index contributed by atoms with van der Waals surface area (Å²) >= 11 is 6.35. The number of aryl methyl sites for hydroxylation is 1. The van der Waals surface area contributed by atoms with Crippen molar-refractivity contribution in [3.8, 4) is 11.5 Å². The summed E-state index contributed by atoms with van der Waals surface area (Å²) in [5, 5.41) is 1.81. The van der Waals surface area contributed by atoms with E-state index in [1.165, 1.54) is 42.5 Å². The highest BCUT2D eigenvalue weighted by molar-refractivity contribution is 7.87. The minimum absolute atomic E-state index is 0.0757. The first-order valence-electron chi connectivity index (χ1n) is 11.2. The van der Waals surface area contributed by atoms with Gasteiger partial charge in [-0.25, -0.2) is 14.1 Å². The predicted molar refractivity (Wildman–Crippen MR) is 137 cm³/mol. The minimum Gasteiger partial charge on any atom is -0.490 e. The van der Waals surface area contributed by atoms with Crippen molar-refractivity contribution in [1.82, 2.24) is 5.32 Å². The second-order valence-corrected chi connectivity index (χ2v) is 9.98. The van der Waals surface area contributed by atoms with Crippen molar-refractivity contribution in [2.45, 2.75) is 18.7 Å². The molecule has 1 N–H and O–H groups in total. The maximum absolute atomic E-state index is 14.3. The molecule has 0 radical (unpaired) electrons. The van der Waals surface area contributed by atoms with Gasteiger partial charge in [0.1, 0.15) is 16.3 Å². The van der Waals surface area contributed by atoms with Gasteiger partial charge in [-0.2, -0.15) is 8.42 Å². The van der Waals surface area contributed by atoms with Gasteiger partial charge in [0.2, 0.25) is 5.75 Å². The first kappa shape index (κ1) is 26.8. The molecule has 3 aromatic rings. The molecule has 1 aliphatic heterocycles. The summed E-state index contributed by atoms with van der Waals surface area (Å²) < 4.78 is 50.8. The Labute approximate surface area is 222 Å². The molecule has 1 heterocycles. The molecule has 0 saturated carbocycles. The van der Waals surface area contributed by atoms with E-state index in [4.69, 9.17) is 20.5 Å². The number of rotatable bonds is 7. The normalized spacial score (nSPS) is 15.0. The van der Waals surface area contributed by atoms with Crippen LogP contribution in [0.15, 0.2) is 71.1 Å². The molecule has 3 aromatic carbocycles. The topological polar surface area (TPSA) is 119 Å². The predicted octanol–water partition coefficient (Wildman–Crippen LogP) is 4.62. The van der Waals surface area contributed by atoms with Crippen LogP contribution >= 0.6 is 11.6 Å². The highest BCUT2D eigenvalue weighted by Gasteiger charge is 2.38. The van der Waals surface area contributed by atoms with Crippen LogP contribution < -0.4 is 19.1 Å². The summed E-state index contributed by atoms with van der Waals surface area (Å²) in [7, 11) is -4.28. The van der Waals surface area contributed by atoms with Crippen LogP contribution in [-0.2, 0) is 19.7 Å². The van der Waals surface area contributed by atoms with Gasteiger partial charge in [0.05, 0.1) is 17.3 Å². The third-order valence-corrected chi connectivity index (χ3v) is 6.86. The zero-order valence-corrected chi connectivity index (χ0v) is 21.6. The Balaban J connectivity index is 1.73. The molecule has 0 aromatic heterocycles. The van der Waals surface area contributed by atoms with Gasteiger partial charge >= 0.3 is 16.1 Å². The van der Waals surface area contributed by atoms with E-state index in [9.17, 15) is 27.2 Å². The lowest BCUT2D eigenvalue weighted by Crippen LogP contribution is -2.54. The van der Waals surface area contributed by atoms with Gasteiger partial charge in [-0.3, -0.25) is 14.9 Å². The van der Waals surface area contributed by atoms with Crippen molar-refractivity contribution in [2.24, 2.45) is 0 Å². The molecule has 196 valence electrons. The molecule has 0 bridgehead atoms. The number of barbiturate groups is 1. The fourth-order valence-corrected chi connectivity index (χ4v) is 4.81. The monoisotopic (exact) mass is 558 g/mol. The van der Waals surface area contributed by atoms with Crippen LogP contribution in [0, 0.1) is 12.7 Å². The zero-order valence-electron chi connectivity index (χ0n) is 20.0. The van der Waals surface area contributed by atoms with Gasteiger partial charge < -0.3 is 8.92 Å². The van der Waals surface area contributed by atoms with Gasteiger partial charge in [0.15, 0.2) is 5.75 Å². The minimum atomic E-state index is -4.28. The molecular weight excluding hydrogens is 539 g/mol. The van der Waals surface area contributed by atoms with E-state index in [-0.39, 0.29) is 39.3 Å². The number of halogens is 2. The van der Waals surface area contributed by atoms with Crippen LogP contribution in [0.4, 0.5) is 14.9 Å². The Bertz CT molecular complexity index is 1590. The molecule has 12 heteroatoms. The average Bonchev–Trinajstić information content (AvgIpc) is 2.85. The summed E-state index contributed by atoms with van der Waals surface area (Å²) in [5.74, 6) is -3.29. The van der Waals surface area contributed by atoms with Crippen molar-refractivity contribution < 1.29 is 36.1 Å². The average molecular weight is 559 g/mol. The lowest BCUT2D eigenvalue weighted by molar-refractivity contribution is -0.122. The summed E-state index contributed by atoms with van der Waals surface area (Å²) in [5.41, 5.74) is 0.171. The van der Waals surface area contributed by atoms with E-state index in [1.54, 1.807) is 26.0 Å². The molecule has 9 nitrogen and oxygen atoms in total. The number of imide groups is 2. The number of para-hydroxylation sites is 1. The maximum Gasteiger partial charge on any atom is 0.339 e. The summed E-state index contributed by atoms with van der Waals surface area (Å²) in [6.07, 6.45) is 1.12. The fraction of sp³-hybridized carbons (Fsp3) is 0.115. The van der Waals surface area contributed by atoms with Crippen molar-refractivity contribution >= 4 is 51.3 Å². The molecule has 38 heavy (non-hydrogen) atoms. The maximum atomic E-state index is 14.3. The lowest BCUT2D eigenvalue weighted by Gasteiger charge is -2.26. The number of benzene rings is 3. The van der Waals surface area contributed by atoms with Crippen molar-refractivity contribution in [3.05, 3.63) is 88.2 Å². The van der Waals surface area contributed by atoms with Gasteiger partial charge in [-0.1, -0.05) is 41.4 Å². The smallest absolute Gasteiger partial charge is 0.339 e. The number of amides is 4. The quantitative estimate of drug-likeness (QED) is 0.255. The number of anilines is 1. The standard InChI is InChI=1S/C26H20ClFN2O7S/c1-3-36-22-14-16(13-19(27)23(22)37-38(34,35)17-10-8-15(2)9-11-17)12-18-24(31)29-26(33)30(25(18)32)21-7-5-4-6-20(21)28/h4-14H,3H2,1-2H3,(H,29,31,33)/b18-12-. The number of nitrogens with zero attached hydrogens (tertiary/aromatic N) is 1. The molecule has 1 fully saturated rings. The Morgan fingerprint density at radius 2 is 1.74 bits per heavy atom. The van der Waals surface area contributed by atoms with E-state index >= 15 is 0 Å². The molecule has 0 spiro atoms. The lowest BCUT2D eigenvalue weighted by atomic mass is 10.1. The molecule has 4 amide bonds. The first-order valence-corrected chi connectivity index (χ1v) is 12.9. The number of ether oxygens (including phenoxy) is 1. The number of carbonyl (C=O) groups excluding carboxylic acids is 3. The van der Waals surface area contributed by atoms with E-state index in [0.29, 0.717) is 4.90 Å². The van der Waals surface area contributed by atoms with E-state index < -0.39 is 39.4 Å². The number of hydrogen-bond acceptors (Lipinski definition) is 7. The number of hydrogen-bond donors (Lipinski definition) is 1. The SMILES string of the molecule is CCOc1cc(/C=C2/C(=O)NC(=O)N(c3ccccc3F)C2=O)cc(Cl)c1OS(=O)(=O)c1ccc(C)cc1. The van der Waals surface area contributed by atoms with Crippen molar-refractivity contribution in [1.29, 1.82) is 0 Å². The zero-order chi connectivity index (χ0) is 27.6. The highest BCUT2D eigenvalue weighted by Crippen LogP contribution is 2.39. The van der Waals surface area contributed by atoms with Gasteiger partial charge in [-0.15, -0.1) is 0 Å². The third kappa shape index (κ3) is 5.38. The summed E-state index contributed by atoms with van der Waals surface area (Å²) in [6, 6.07) is 12.5. The van der Waals surface area contributed by atoms with Crippen LogP contribution in [0.25, 0.3) is 6.08 Å². The highest BCUT2D eigenvalue weighted by atomic mass is 35.5. The third-order valence-electron chi connectivity index (χ3n) is 5.34. The van der Waals surface area contributed by atoms with E-state index in [2.05, 4.69) is 0 Å². The largest absolute Gasteiger partial charge is 0.490 e. The molecule has 1 aliphatic rings. The molecular formula is C26H20ClFN2O7S. The molecule has 0 unspecified atom stereocenters. The van der Waals surface area contributed by atoms with E-state index in [1.807, 2.05) is 5.32 Å². The Morgan fingerprint density at radius 1 is 1.05 bits per heavy atom. The fourth-order valence-electron chi connectivity index (χ4n) is 3.55. The van der Waals surface area contributed by atoms with E-state index in [0.717, 1.165) is 17.7 Å². The Kier molecular flexibility index (Phi) is 7.51. The van der Waals surface area contributed by atoms with Gasteiger partial charge in [-0.05, 0) is 61.9 Å². The second-order valence-electron chi connectivity index (χ2n) is 8.02. The van der Waals surface area contributed by atoms with Crippen LogP contribution in [0.2, 0.25) is 5.02 Å². The number of carbonyl (C=O) groups is 3. The Hall–Kier alpha value is -4.22. The van der Waals surface area contributed by atoms with Gasteiger partial charge in [0, 0.05) is 0 Å². The molecule has 0 atom stereocenters. The number of urea groups is 1. The summed E-state index contributed by atoms with van der Waals surface area (Å²) in [6.45, 7) is 3.55. The Morgan fingerprint density at radius 3 is 2.39 bits per heavy atom. The van der Waals surface area contributed by atoms with Crippen LogP contribution in [-0.4, -0.2) is 32.9 Å². The molecule has 1 saturated heterocycles. The number of nitrogens with one attached hydrogen (secondary N) is 1. The second kappa shape index (κ2) is 10.6. The van der Waals surface area contributed by atoms with Crippen LogP contribution in [0.1, 0.15) is 18.1 Å². The molecule has 0 aliphatic carbocycles. The van der Waals surface area contributed by atoms with Gasteiger partial charge in [0.25, 0.3) is 11.8 Å². The summed E-state index contributed by atoms with van der Waals surface area (Å²) in [4.78, 5) is 38.3. The first-order chi connectivity index (χ1) is 18.0. The van der Waals surface area contributed by atoms with Crippen LogP contribution in [0.3, 0.4) is 0 Å².